The molecule has 0 amide bonds. The van der Waals surface area contributed by atoms with Crippen molar-refractivity contribution < 1.29 is 4.74 Å². The number of halogens is 1. The molecule has 0 spiro atoms. The predicted octanol–water partition coefficient (Wildman–Crippen LogP) is 3.94. The van der Waals surface area contributed by atoms with Gasteiger partial charge in [0.25, 0.3) is 0 Å². The summed E-state index contributed by atoms with van der Waals surface area (Å²) in [6.07, 6.45) is 6.35. The second-order valence-electron chi connectivity index (χ2n) is 5.42. The van der Waals surface area contributed by atoms with Crippen molar-refractivity contribution in [1.82, 2.24) is 5.32 Å². The van der Waals surface area contributed by atoms with Gasteiger partial charge < -0.3 is 10.1 Å². The van der Waals surface area contributed by atoms with E-state index in [4.69, 9.17) is 16.3 Å². The van der Waals surface area contributed by atoms with Crippen molar-refractivity contribution in [2.75, 3.05) is 13.2 Å². The van der Waals surface area contributed by atoms with Crippen LogP contribution in [0.2, 0.25) is 5.02 Å². The van der Waals surface area contributed by atoms with Gasteiger partial charge in [-0.05, 0) is 44.2 Å². The number of nitrogens with one attached hydrogen (secondary N) is 1. The van der Waals surface area contributed by atoms with E-state index < -0.39 is 0 Å². The first-order chi connectivity index (χ1) is 8.84. The van der Waals surface area contributed by atoms with Crippen molar-refractivity contribution in [2.45, 2.75) is 38.1 Å². The average molecular weight is 266 g/mol. The first-order valence-corrected chi connectivity index (χ1v) is 7.37. The van der Waals surface area contributed by atoms with Crippen molar-refractivity contribution in [3.8, 4) is 5.75 Å². The van der Waals surface area contributed by atoms with Crippen molar-refractivity contribution in [3.63, 3.8) is 0 Å². The van der Waals surface area contributed by atoms with Crippen molar-refractivity contribution in [2.24, 2.45) is 5.92 Å². The van der Waals surface area contributed by atoms with Crippen LogP contribution in [0.25, 0.3) is 0 Å². The molecule has 2 aliphatic rings. The zero-order valence-corrected chi connectivity index (χ0v) is 11.4. The fourth-order valence-corrected chi connectivity index (χ4v) is 2.79. The van der Waals surface area contributed by atoms with Crippen LogP contribution in [0.5, 0.6) is 5.75 Å². The summed E-state index contributed by atoms with van der Waals surface area (Å²) >= 11 is 6.30. The van der Waals surface area contributed by atoms with Crippen molar-refractivity contribution >= 4 is 11.6 Å². The molecule has 3 heteroatoms. The molecule has 0 radical (unpaired) electrons. The van der Waals surface area contributed by atoms with Gasteiger partial charge >= 0.3 is 0 Å². The summed E-state index contributed by atoms with van der Waals surface area (Å²) < 4.78 is 5.97. The lowest BCUT2D eigenvalue weighted by Crippen LogP contribution is -2.27. The van der Waals surface area contributed by atoms with E-state index in [1.165, 1.54) is 37.7 Å². The summed E-state index contributed by atoms with van der Waals surface area (Å²) in [5.74, 6) is 1.67. The molecule has 0 bridgehead atoms. The van der Waals surface area contributed by atoms with Gasteiger partial charge in [-0.2, -0.15) is 0 Å². The molecule has 1 saturated carbocycles. The fraction of sp³-hybridized carbons (Fsp3) is 0.600. The van der Waals surface area contributed by atoms with Gasteiger partial charge in [-0.1, -0.05) is 30.2 Å². The number of rotatable bonds is 4. The van der Waals surface area contributed by atoms with Gasteiger partial charge in [0, 0.05) is 11.6 Å². The van der Waals surface area contributed by atoms with Gasteiger partial charge in [0.2, 0.25) is 0 Å². The van der Waals surface area contributed by atoms with Gasteiger partial charge in [0.05, 0.1) is 11.6 Å². The molecule has 1 aliphatic carbocycles. The first kappa shape index (κ1) is 12.3. The lowest BCUT2D eigenvalue weighted by atomic mass is 9.97. The first-order valence-electron chi connectivity index (χ1n) is 6.99. The molecule has 1 atom stereocenters. The van der Waals surface area contributed by atoms with E-state index in [0.717, 1.165) is 29.8 Å². The quantitative estimate of drug-likeness (QED) is 0.890. The fourth-order valence-electron chi connectivity index (χ4n) is 2.56. The van der Waals surface area contributed by atoms with Crippen LogP contribution in [-0.2, 0) is 0 Å². The molecular formula is C15H20ClNO. The molecule has 1 aliphatic heterocycles. The topological polar surface area (TPSA) is 21.3 Å². The molecule has 18 heavy (non-hydrogen) atoms. The Morgan fingerprint density at radius 2 is 2.11 bits per heavy atom. The standard InChI is InChI=1S/C15H20ClNO/c16-13-5-3-4-12(14-6-1-2-9-17-14)15(13)18-10-11-7-8-11/h3-5,11,14,17H,1-2,6-10H2. The summed E-state index contributed by atoms with van der Waals surface area (Å²) in [6, 6.07) is 6.51. The molecule has 1 saturated heterocycles. The molecule has 98 valence electrons. The summed E-state index contributed by atoms with van der Waals surface area (Å²) in [5, 5.41) is 4.32. The molecule has 1 unspecified atom stereocenters. The SMILES string of the molecule is Clc1cccc(C2CCCCN2)c1OCC1CC1. The van der Waals surface area contributed by atoms with Gasteiger partial charge in [0.15, 0.2) is 0 Å². The number of ether oxygens (including phenoxy) is 1. The normalized spacial score (nSPS) is 23.9. The maximum absolute atomic E-state index is 6.30. The minimum Gasteiger partial charge on any atom is -0.491 e. The van der Waals surface area contributed by atoms with E-state index in [1.807, 2.05) is 12.1 Å². The third kappa shape index (κ3) is 2.81. The minimum atomic E-state index is 0.409. The van der Waals surface area contributed by atoms with E-state index in [1.54, 1.807) is 0 Å². The predicted molar refractivity (Wildman–Crippen MR) is 74.3 cm³/mol. The average Bonchev–Trinajstić information content (AvgIpc) is 3.22. The van der Waals surface area contributed by atoms with Crippen LogP contribution in [0.15, 0.2) is 18.2 Å². The van der Waals surface area contributed by atoms with E-state index in [-0.39, 0.29) is 0 Å². The van der Waals surface area contributed by atoms with E-state index in [0.29, 0.717) is 6.04 Å². The molecule has 1 heterocycles. The summed E-state index contributed by atoms with van der Waals surface area (Å²) in [7, 11) is 0. The number of hydrogen-bond donors (Lipinski definition) is 1. The lowest BCUT2D eigenvalue weighted by Gasteiger charge is -2.26. The van der Waals surface area contributed by atoms with Crippen LogP contribution in [0, 0.1) is 5.92 Å². The molecule has 1 aromatic rings. The molecule has 2 nitrogen and oxygen atoms in total. The summed E-state index contributed by atoms with van der Waals surface area (Å²) in [4.78, 5) is 0. The maximum Gasteiger partial charge on any atom is 0.142 e. The minimum absolute atomic E-state index is 0.409. The smallest absolute Gasteiger partial charge is 0.142 e. The number of para-hydroxylation sites is 1. The third-order valence-electron chi connectivity index (χ3n) is 3.84. The highest BCUT2D eigenvalue weighted by Crippen LogP contribution is 2.37. The molecule has 3 rings (SSSR count). The van der Waals surface area contributed by atoms with Crippen LogP contribution < -0.4 is 10.1 Å². The Labute approximate surface area is 114 Å². The Kier molecular flexibility index (Phi) is 3.76. The highest BCUT2D eigenvalue weighted by atomic mass is 35.5. The Hall–Kier alpha value is -0.730. The number of piperidine rings is 1. The molecule has 0 aromatic heterocycles. The highest BCUT2D eigenvalue weighted by molar-refractivity contribution is 6.32. The van der Waals surface area contributed by atoms with Gasteiger partial charge in [-0.3, -0.25) is 0 Å². The van der Waals surface area contributed by atoms with Gasteiger partial charge in [0.1, 0.15) is 5.75 Å². The van der Waals surface area contributed by atoms with Gasteiger partial charge in [-0.25, -0.2) is 0 Å². The Morgan fingerprint density at radius 3 is 2.83 bits per heavy atom. The molecule has 2 fully saturated rings. The van der Waals surface area contributed by atoms with Crippen molar-refractivity contribution in [3.05, 3.63) is 28.8 Å². The maximum atomic E-state index is 6.30. The Morgan fingerprint density at radius 1 is 1.22 bits per heavy atom. The van der Waals surface area contributed by atoms with Crippen LogP contribution in [0.4, 0.5) is 0 Å². The largest absolute Gasteiger partial charge is 0.491 e. The second kappa shape index (κ2) is 5.50. The number of hydrogen-bond acceptors (Lipinski definition) is 2. The van der Waals surface area contributed by atoms with Crippen LogP contribution in [0.1, 0.15) is 43.7 Å². The van der Waals surface area contributed by atoms with E-state index in [9.17, 15) is 0 Å². The van der Waals surface area contributed by atoms with Gasteiger partial charge in [-0.15, -0.1) is 0 Å². The summed E-state index contributed by atoms with van der Waals surface area (Å²) in [5.41, 5.74) is 1.24. The monoisotopic (exact) mass is 265 g/mol. The van der Waals surface area contributed by atoms with E-state index >= 15 is 0 Å². The van der Waals surface area contributed by atoms with Crippen molar-refractivity contribution in [1.29, 1.82) is 0 Å². The number of benzene rings is 1. The lowest BCUT2D eigenvalue weighted by molar-refractivity contribution is 0.289. The molecule has 1 aromatic carbocycles. The second-order valence-corrected chi connectivity index (χ2v) is 5.82. The Bertz CT molecular complexity index is 411. The molecular weight excluding hydrogens is 246 g/mol. The van der Waals surface area contributed by atoms with Crippen LogP contribution in [0.3, 0.4) is 0 Å². The highest BCUT2D eigenvalue weighted by Gasteiger charge is 2.25. The third-order valence-corrected chi connectivity index (χ3v) is 4.14. The van der Waals surface area contributed by atoms with E-state index in [2.05, 4.69) is 11.4 Å². The zero-order chi connectivity index (χ0) is 12.4. The Balaban J connectivity index is 1.79. The molecule has 1 N–H and O–H groups in total. The van der Waals surface area contributed by atoms with Crippen LogP contribution in [-0.4, -0.2) is 13.2 Å². The zero-order valence-electron chi connectivity index (χ0n) is 10.6. The van der Waals surface area contributed by atoms with Crippen LogP contribution >= 0.6 is 11.6 Å². The summed E-state index contributed by atoms with van der Waals surface area (Å²) in [6.45, 7) is 1.92.